The molecule has 1 fully saturated rings. The normalized spacial score (nSPS) is 16.6. The molecule has 0 atom stereocenters. The summed E-state index contributed by atoms with van der Waals surface area (Å²) in [6, 6.07) is 1.99. The van der Waals surface area contributed by atoms with Gasteiger partial charge in [-0.1, -0.05) is 0 Å². The Morgan fingerprint density at radius 3 is 3.00 bits per heavy atom. The average molecular weight is 276 g/mol. The number of ether oxygens (including phenoxy) is 1. The monoisotopic (exact) mass is 276 g/mol. The molecule has 0 bridgehead atoms. The molecule has 1 saturated heterocycles. The van der Waals surface area contributed by atoms with E-state index in [0.29, 0.717) is 5.95 Å². The van der Waals surface area contributed by atoms with Crippen LogP contribution in [0.5, 0.6) is 0 Å². The van der Waals surface area contributed by atoms with Gasteiger partial charge in [0.05, 0.1) is 25.1 Å². The molecule has 7 heteroatoms. The van der Waals surface area contributed by atoms with E-state index in [4.69, 9.17) is 10.5 Å². The fraction of sp³-hybridized carbons (Fsp3) is 0.538. The maximum atomic E-state index is 5.61. The predicted molar refractivity (Wildman–Crippen MR) is 77.9 cm³/mol. The van der Waals surface area contributed by atoms with Crippen LogP contribution in [0.2, 0.25) is 0 Å². The summed E-state index contributed by atoms with van der Waals surface area (Å²) < 4.78 is 7.05. The maximum absolute atomic E-state index is 5.61. The Labute approximate surface area is 117 Å². The number of nitrogen functional groups attached to an aromatic ring is 1. The molecule has 20 heavy (non-hydrogen) atoms. The first-order valence-corrected chi connectivity index (χ1v) is 6.89. The number of morpholine rings is 1. The molecule has 108 valence electrons. The standard InChI is InChI=1S/C13H20N6O/c1-10-8-12-16-13(14)17-19(12)9-11(10)15-2-3-18-4-6-20-7-5-18/h8-9,15H,2-7H2,1H3,(H2,14,17). The fourth-order valence-electron chi connectivity index (χ4n) is 2.40. The topological polar surface area (TPSA) is 80.7 Å². The average Bonchev–Trinajstić information content (AvgIpc) is 2.79. The van der Waals surface area contributed by atoms with Crippen molar-refractivity contribution in [3.05, 3.63) is 17.8 Å². The summed E-state index contributed by atoms with van der Waals surface area (Å²) >= 11 is 0. The van der Waals surface area contributed by atoms with E-state index in [0.717, 1.165) is 56.3 Å². The minimum atomic E-state index is 0.301. The van der Waals surface area contributed by atoms with Gasteiger partial charge in [0.25, 0.3) is 0 Å². The molecule has 0 amide bonds. The lowest BCUT2D eigenvalue weighted by atomic mass is 10.2. The zero-order valence-electron chi connectivity index (χ0n) is 11.7. The Hall–Kier alpha value is -1.86. The van der Waals surface area contributed by atoms with Gasteiger partial charge in [-0.25, -0.2) is 4.52 Å². The van der Waals surface area contributed by atoms with Crippen molar-refractivity contribution in [3.63, 3.8) is 0 Å². The van der Waals surface area contributed by atoms with Crippen LogP contribution in [0, 0.1) is 6.92 Å². The van der Waals surface area contributed by atoms with Gasteiger partial charge in [0.15, 0.2) is 5.65 Å². The molecule has 3 heterocycles. The minimum absolute atomic E-state index is 0.301. The predicted octanol–water partition coefficient (Wildman–Crippen LogP) is 0.364. The summed E-state index contributed by atoms with van der Waals surface area (Å²) in [7, 11) is 0. The lowest BCUT2D eigenvalue weighted by molar-refractivity contribution is 0.0398. The summed E-state index contributed by atoms with van der Waals surface area (Å²) in [5, 5.41) is 7.58. The molecule has 0 aliphatic carbocycles. The number of rotatable bonds is 4. The van der Waals surface area contributed by atoms with Crippen LogP contribution in [0.15, 0.2) is 12.3 Å². The van der Waals surface area contributed by atoms with Crippen LogP contribution in [0.25, 0.3) is 5.65 Å². The van der Waals surface area contributed by atoms with E-state index < -0.39 is 0 Å². The molecule has 3 rings (SSSR count). The Bertz CT molecular complexity index is 590. The Balaban J connectivity index is 1.62. The quantitative estimate of drug-likeness (QED) is 0.839. The van der Waals surface area contributed by atoms with Crippen molar-refractivity contribution in [1.29, 1.82) is 0 Å². The zero-order chi connectivity index (χ0) is 13.9. The number of hydrogen-bond acceptors (Lipinski definition) is 6. The molecular weight excluding hydrogens is 256 g/mol. The van der Waals surface area contributed by atoms with Gasteiger partial charge in [-0.15, -0.1) is 5.10 Å². The van der Waals surface area contributed by atoms with Crippen LogP contribution in [0.3, 0.4) is 0 Å². The summed E-state index contributed by atoms with van der Waals surface area (Å²) in [4.78, 5) is 6.55. The third kappa shape index (κ3) is 2.83. The molecule has 0 unspecified atom stereocenters. The van der Waals surface area contributed by atoms with E-state index in [1.54, 1.807) is 4.52 Å². The van der Waals surface area contributed by atoms with Crippen molar-refractivity contribution in [3.8, 4) is 0 Å². The van der Waals surface area contributed by atoms with Gasteiger partial charge in [0, 0.05) is 26.2 Å². The van der Waals surface area contributed by atoms with E-state index in [1.165, 1.54) is 0 Å². The van der Waals surface area contributed by atoms with Crippen LogP contribution in [0.4, 0.5) is 11.6 Å². The van der Waals surface area contributed by atoms with E-state index >= 15 is 0 Å². The molecule has 0 radical (unpaired) electrons. The van der Waals surface area contributed by atoms with Gasteiger partial charge in [0.1, 0.15) is 0 Å². The Kier molecular flexibility index (Phi) is 3.70. The Morgan fingerprint density at radius 1 is 1.40 bits per heavy atom. The number of aromatic nitrogens is 3. The van der Waals surface area contributed by atoms with E-state index in [1.807, 2.05) is 12.3 Å². The summed E-state index contributed by atoms with van der Waals surface area (Å²) in [5.74, 6) is 0.301. The lowest BCUT2D eigenvalue weighted by Crippen LogP contribution is -2.39. The van der Waals surface area contributed by atoms with Gasteiger partial charge in [0.2, 0.25) is 5.95 Å². The molecule has 3 N–H and O–H groups in total. The second-order valence-electron chi connectivity index (χ2n) is 5.02. The maximum Gasteiger partial charge on any atom is 0.240 e. The van der Waals surface area contributed by atoms with Crippen LogP contribution in [0.1, 0.15) is 5.56 Å². The number of hydrogen-bond donors (Lipinski definition) is 2. The molecule has 0 aromatic carbocycles. The zero-order valence-corrected chi connectivity index (χ0v) is 11.7. The highest BCUT2D eigenvalue weighted by molar-refractivity contribution is 5.56. The number of fused-ring (bicyclic) bond motifs is 1. The molecule has 1 aliphatic heterocycles. The van der Waals surface area contributed by atoms with Gasteiger partial charge >= 0.3 is 0 Å². The van der Waals surface area contributed by atoms with Crippen molar-refractivity contribution in [1.82, 2.24) is 19.5 Å². The highest BCUT2D eigenvalue weighted by Crippen LogP contribution is 2.16. The van der Waals surface area contributed by atoms with E-state index in [2.05, 4.69) is 27.2 Å². The van der Waals surface area contributed by atoms with Crippen LogP contribution >= 0.6 is 0 Å². The highest BCUT2D eigenvalue weighted by Gasteiger charge is 2.10. The van der Waals surface area contributed by atoms with Crippen molar-refractivity contribution in [2.24, 2.45) is 0 Å². The summed E-state index contributed by atoms with van der Waals surface area (Å²) in [6.07, 6.45) is 1.94. The molecule has 1 aliphatic rings. The summed E-state index contributed by atoms with van der Waals surface area (Å²) in [5.41, 5.74) is 8.59. The van der Waals surface area contributed by atoms with Gasteiger partial charge in [-0.3, -0.25) is 4.90 Å². The first kappa shape index (κ1) is 13.1. The number of nitrogens with two attached hydrogens (primary N) is 1. The minimum Gasteiger partial charge on any atom is -0.382 e. The molecule has 0 spiro atoms. The van der Waals surface area contributed by atoms with Crippen LogP contribution < -0.4 is 11.1 Å². The van der Waals surface area contributed by atoms with E-state index in [-0.39, 0.29) is 0 Å². The molecule has 2 aromatic heterocycles. The smallest absolute Gasteiger partial charge is 0.240 e. The lowest BCUT2D eigenvalue weighted by Gasteiger charge is -2.26. The number of pyridine rings is 1. The number of aryl methyl sites for hydroxylation is 1. The third-order valence-electron chi connectivity index (χ3n) is 3.54. The second-order valence-corrected chi connectivity index (χ2v) is 5.02. The van der Waals surface area contributed by atoms with Crippen molar-refractivity contribution in [2.75, 3.05) is 50.4 Å². The van der Waals surface area contributed by atoms with Gasteiger partial charge < -0.3 is 15.8 Å². The second kappa shape index (κ2) is 5.64. The third-order valence-corrected chi connectivity index (χ3v) is 3.54. The van der Waals surface area contributed by atoms with Crippen molar-refractivity contribution in [2.45, 2.75) is 6.92 Å². The van der Waals surface area contributed by atoms with Crippen molar-refractivity contribution < 1.29 is 4.74 Å². The van der Waals surface area contributed by atoms with Crippen LogP contribution in [-0.4, -0.2) is 58.9 Å². The summed E-state index contributed by atoms with van der Waals surface area (Å²) in [6.45, 7) is 7.67. The van der Waals surface area contributed by atoms with Crippen LogP contribution in [-0.2, 0) is 4.74 Å². The first-order valence-electron chi connectivity index (χ1n) is 6.89. The fourth-order valence-corrected chi connectivity index (χ4v) is 2.40. The Morgan fingerprint density at radius 2 is 2.20 bits per heavy atom. The number of nitrogens with zero attached hydrogens (tertiary/aromatic N) is 4. The molecule has 2 aromatic rings. The van der Waals surface area contributed by atoms with Gasteiger partial charge in [-0.2, -0.15) is 4.98 Å². The molecular formula is C13H20N6O. The first-order chi connectivity index (χ1) is 9.72. The van der Waals surface area contributed by atoms with E-state index in [9.17, 15) is 0 Å². The highest BCUT2D eigenvalue weighted by atomic mass is 16.5. The molecule has 0 saturated carbocycles. The van der Waals surface area contributed by atoms with Crippen molar-refractivity contribution >= 4 is 17.3 Å². The number of nitrogens with one attached hydrogen (secondary N) is 1. The number of anilines is 2. The van der Waals surface area contributed by atoms with Gasteiger partial charge in [-0.05, 0) is 18.6 Å². The molecule has 7 nitrogen and oxygen atoms in total. The SMILES string of the molecule is Cc1cc2nc(N)nn2cc1NCCN1CCOCC1. The largest absolute Gasteiger partial charge is 0.382 e.